The van der Waals surface area contributed by atoms with Gasteiger partial charge in [-0.25, -0.2) is 4.98 Å². The lowest BCUT2D eigenvalue weighted by Crippen LogP contribution is -2.37. The van der Waals surface area contributed by atoms with Gasteiger partial charge in [-0.1, -0.05) is 24.3 Å². The highest BCUT2D eigenvalue weighted by atomic mass is 127. The molecule has 2 aromatic rings. The number of rotatable bonds is 8. The molecule has 0 unspecified atom stereocenters. The quantitative estimate of drug-likeness (QED) is 0.336. The van der Waals surface area contributed by atoms with Crippen molar-refractivity contribution in [3.8, 4) is 0 Å². The van der Waals surface area contributed by atoms with Gasteiger partial charge in [0, 0.05) is 31.9 Å². The number of hydrogen-bond donors (Lipinski definition) is 2. The molecule has 0 amide bonds. The van der Waals surface area contributed by atoms with E-state index in [9.17, 15) is 0 Å². The SMILES string of the molecule is CN=C(NCCc1csc(C)n1)NCc1ccc(COC(C)C)cc1.I. The van der Waals surface area contributed by atoms with Crippen LogP contribution in [0.4, 0.5) is 0 Å². The van der Waals surface area contributed by atoms with Crippen molar-refractivity contribution in [2.75, 3.05) is 13.6 Å². The van der Waals surface area contributed by atoms with Crippen LogP contribution in [0.3, 0.4) is 0 Å². The average Bonchev–Trinajstić information content (AvgIpc) is 3.02. The minimum absolute atomic E-state index is 0. The van der Waals surface area contributed by atoms with Crippen LogP contribution < -0.4 is 10.6 Å². The number of ether oxygens (including phenoxy) is 1. The number of thiazole rings is 1. The highest BCUT2D eigenvalue weighted by Gasteiger charge is 2.02. The predicted octanol–water partition coefficient (Wildman–Crippen LogP) is 3.90. The Morgan fingerprint density at radius 3 is 2.46 bits per heavy atom. The Morgan fingerprint density at radius 1 is 1.19 bits per heavy atom. The van der Waals surface area contributed by atoms with E-state index in [1.165, 1.54) is 11.1 Å². The van der Waals surface area contributed by atoms with Crippen molar-refractivity contribution in [2.45, 2.75) is 46.4 Å². The van der Waals surface area contributed by atoms with Gasteiger partial charge in [-0.2, -0.15) is 0 Å². The summed E-state index contributed by atoms with van der Waals surface area (Å²) in [6.07, 6.45) is 1.15. The van der Waals surface area contributed by atoms with Crippen LogP contribution in [-0.4, -0.2) is 30.6 Å². The molecule has 0 bridgehead atoms. The molecule has 0 radical (unpaired) electrons. The minimum Gasteiger partial charge on any atom is -0.374 e. The molecule has 2 N–H and O–H groups in total. The summed E-state index contributed by atoms with van der Waals surface area (Å²) in [6, 6.07) is 8.47. The molecule has 0 saturated heterocycles. The topological polar surface area (TPSA) is 58.5 Å². The summed E-state index contributed by atoms with van der Waals surface area (Å²) in [5, 5.41) is 9.88. The Balaban J connectivity index is 0.00000338. The van der Waals surface area contributed by atoms with Gasteiger partial charge >= 0.3 is 0 Å². The molecule has 2 rings (SSSR count). The number of benzene rings is 1. The maximum atomic E-state index is 5.62. The van der Waals surface area contributed by atoms with Gasteiger partial charge in [0.15, 0.2) is 5.96 Å². The van der Waals surface area contributed by atoms with Crippen LogP contribution in [-0.2, 0) is 24.3 Å². The second-order valence-electron chi connectivity index (χ2n) is 6.14. The van der Waals surface area contributed by atoms with Crippen LogP contribution in [0.1, 0.15) is 35.7 Å². The molecule has 1 aromatic carbocycles. The van der Waals surface area contributed by atoms with Gasteiger partial charge in [-0.05, 0) is 31.9 Å². The third-order valence-corrected chi connectivity index (χ3v) is 4.45. The number of hydrogen-bond acceptors (Lipinski definition) is 4. The van der Waals surface area contributed by atoms with Gasteiger partial charge < -0.3 is 15.4 Å². The maximum absolute atomic E-state index is 5.62. The third-order valence-electron chi connectivity index (χ3n) is 3.63. The van der Waals surface area contributed by atoms with Gasteiger partial charge in [0.05, 0.1) is 23.4 Å². The van der Waals surface area contributed by atoms with Gasteiger partial charge in [-0.3, -0.25) is 4.99 Å². The van der Waals surface area contributed by atoms with E-state index in [0.29, 0.717) is 6.61 Å². The van der Waals surface area contributed by atoms with E-state index in [2.05, 4.69) is 50.3 Å². The molecule has 0 atom stereocenters. The van der Waals surface area contributed by atoms with E-state index in [1.807, 2.05) is 20.8 Å². The Morgan fingerprint density at radius 2 is 1.88 bits per heavy atom. The molecule has 0 spiro atoms. The van der Waals surface area contributed by atoms with Crippen molar-refractivity contribution in [3.05, 3.63) is 51.5 Å². The van der Waals surface area contributed by atoms with Crippen LogP contribution in [0, 0.1) is 6.92 Å². The second-order valence-corrected chi connectivity index (χ2v) is 7.20. The maximum Gasteiger partial charge on any atom is 0.191 e. The normalized spacial score (nSPS) is 11.3. The molecule has 0 aliphatic heterocycles. The molecule has 0 saturated carbocycles. The summed E-state index contributed by atoms with van der Waals surface area (Å²) in [5.74, 6) is 0.805. The molecular formula is C19H29IN4OS. The molecule has 0 aliphatic carbocycles. The molecule has 5 nitrogen and oxygen atoms in total. The Labute approximate surface area is 177 Å². The molecule has 1 aromatic heterocycles. The number of guanidine groups is 1. The van der Waals surface area contributed by atoms with E-state index in [1.54, 1.807) is 18.4 Å². The Hall–Kier alpha value is -1.19. The summed E-state index contributed by atoms with van der Waals surface area (Å²) >= 11 is 1.69. The van der Waals surface area contributed by atoms with E-state index in [0.717, 1.165) is 36.2 Å². The highest BCUT2D eigenvalue weighted by molar-refractivity contribution is 14.0. The molecule has 144 valence electrons. The second kappa shape index (κ2) is 12.2. The number of nitrogens with zero attached hydrogens (tertiary/aromatic N) is 2. The summed E-state index contributed by atoms with van der Waals surface area (Å²) in [6.45, 7) is 8.33. The van der Waals surface area contributed by atoms with Crippen LogP contribution in [0.25, 0.3) is 0 Å². The fourth-order valence-corrected chi connectivity index (χ4v) is 2.90. The first kappa shape index (κ1) is 22.9. The van der Waals surface area contributed by atoms with Crippen molar-refractivity contribution in [1.29, 1.82) is 0 Å². The largest absolute Gasteiger partial charge is 0.374 e. The van der Waals surface area contributed by atoms with E-state index in [4.69, 9.17) is 4.74 Å². The van der Waals surface area contributed by atoms with Crippen molar-refractivity contribution >= 4 is 41.3 Å². The highest BCUT2D eigenvalue weighted by Crippen LogP contribution is 2.08. The van der Waals surface area contributed by atoms with Crippen molar-refractivity contribution < 1.29 is 4.74 Å². The summed E-state index contributed by atoms with van der Waals surface area (Å²) in [4.78, 5) is 8.73. The Bertz CT molecular complexity index is 670. The first-order chi connectivity index (χ1) is 12.1. The van der Waals surface area contributed by atoms with Crippen LogP contribution in [0.5, 0.6) is 0 Å². The van der Waals surface area contributed by atoms with E-state index >= 15 is 0 Å². The van der Waals surface area contributed by atoms with Gasteiger partial charge in [0.1, 0.15) is 0 Å². The lowest BCUT2D eigenvalue weighted by atomic mass is 10.1. The number of aliphatic imine (C=N–C) groups is 1. The monoisotopic (exact) mass is 488 g/mol. The van der Waals surface area contributed by atoms with Crippen molar-refractivity contribution in [1.82, 2.24) is 15.6 Å². The Kier molecular flexibility index (Phi) is 10.8. The van der Waals surface area contributed by atoms with Gasteiger partial charge in [0.25, 0.3) is 0 Å². The molecule has 26 heavy (non-hydrogen) atoms. The zero-order valence-electron chi connectivity index (χ0n) is 15.9. The number of aromatic nitrogens is 1. The fourth-order valence-electron chi connectivity index (χ4n) is 2.25. The van der Waals surface area contributed by atoms with E-state index < -0.39 is 0 Å². The van der Waals surface area contributed by atoms with Gasteiger partial charge in [-0.15, -0.1) is 35.3 Å². The predicted molar refractivity (Wildman–Crippen MR) is 121 cm³/mol. The fraction of sp³-hybridized carbons (Fsp3) is 0.474. The van der Waals surface area contributed by atoms with E-state index in [-0.39, 0.29) is 30.1 Å². The average molecular weight is 488 g/mol. The zero-order chi connectivity index (χ0) is 18.1. The molecule has 0 fully saturated rings. The smallest absolute Gasteiger partial charge is 0.191 e. The van der Waals surface area contributed by atoms with Crippen LogP contribution in [0.15, 0.2) is 34.6 Å². The molecule has 0 aliphatic rings. The first-order valence-corrected chi connectivity index (χ1v) is 9.49. The zero-order valence-corrected chi connectivity index (χ0v) is 19.1. The lowest BCUT2D eigenvalue weighted by Gasteiger charge is -2.12. The molecule has 7 heteroatoms. The summed E-state index contributed by atoms with van der Waals surface area (Å²) in [7, 11) is 1.79. The first-order valence-electron chi connectivity index (χ1n) is 8.61. The number of halogens is 1. The van der Waals surface area contributed by atoms with Crippen LogP contribution in [0.2, 0.25) is 0 Å². The summed E-state index contributed by atoms with van der Waals surface area (Å²) < 4.78 is 5.62. The lowest BCUT2D eigenvalue weighted by molar-refractivity contribution is 0.0657. The number of nitrogens with one attached hydrogen (secondary N) is 2. The van der Waals surface area contributed by atoms with Crippen molar-refractivity contribution in [2.24, 2.45) is 4.99 Å². The minimum atomic E-state index is 0. The molecule has 1 heterocycles. The van der Waals surface area contributed by atoms with Crippen LogP contribution >= 0.6 is 35.3 Å². The van der Waals surface area contributed by atoms with Crippen molar-refractivity contribution in [3.63, 3.8) is 0 Å². The third kappa shape index (κ3) is 8.46. The van der Waals surface area contributed by atoms with Gasteiger partial charge in [0.2, 0.25) is 0 Å². The summed E-state index contributed by atoms with van der Waals surface area (Å²) in [5.41, 5.74) is 3.54. The number of aryl methyl sites for hydroxylation is 1. The standard InChI is InChI=1S/C19H28N4OS.HI/c1-14(2)24-12-17-7-5-16(6-8-17)11-22-19(20-4)21-10-9-18-13-25-15(3)23-18;/h5-8,13-14H,9-12H2,1-4H3,(H2,20,21,22);1H. The molecular weight excluding hydrogens is 459 g/mol.